The maximum atomic E-state index is 13.0. The summed E-state index contributed by atoms with van der Waals surface area (Å²) in [5.74, 6) is 0.834. The van der Waals surface area contributed by atoms with Gasteiger partial charge in [0.05, 0.1) is 11.3 Å². The third kappa shape index (κ3) is 4.79. The van der Waals surface area contributed by atoms with Crippen LogP contribution in [0.4, 0.5) is 11.5 Å². The number of carbonyl (C=O) groups is 1. The van der Waals surface area contributed by atoms with E-state index in [1.807, 2.05) is 30.3 Å². The molecule has 0 saturated heterocycles. The Morgan fingerprint density at radius 2 is 1.84 bits per heavy atom. The number of carbonyl (C=O) groups excluding carboxylic acids is 1. The lowest BCUT2D eigenvalue weighted by atomic mass is 10.2. The maximum absolute atomic E-state index is 13.0. The minimum atomic E-state index is -3.98. The molecule has 1 amide bonds. The zero-order chi connectivity index (χ0) is 22.7. The highest BCUT2D eigenvalue weighted by Gasteiger charge is 2.26. The van der Waals surface area contributed by atoms with Gasteiger partial charge in [-0.3, -0.25) is 9.52 Å². The Morgan fingerprint density at radius 3 is 2.62 bits per heavy atom. The second-order valence-corrected chi connectivity index (χ2v) is 9.11. The Hall–Kier alpha value is -3.30. The second-order valence-electron chi connectivity index (χ2n) is 7.05. The van der Waals surface area contributed by atoms with Crippen molar-refractivity contribution in [2.45, 2.75) is 18.2 Å². The average Bonchev–Trinajstić information content (AvgIpc) is 3.12. The van der Waals surface area contributed by atoms with Gasteiger partial charge in [-0.15, -0.1) is 0 Å². The quantitative estimate of drug-likeness (QED) is 0.482. The van der Waals surface area contributed by atoms with Crippen molar-refractivity contribution in [3.05, 3.63) is 70.7 Å². The van der Waals surface area contributed by atoms with Crippen molar-refractivity contribution in [1.29, 1.82) is 0 Å². The summed E-state index contributed by atoms with van der Waals surface area (Å²) >= 11 is 6.09. The van der Waals surface area contributed by atoms with Crippen LogP contribution in [0.1, 0.15) is 11.1 Å². The smallest absolute Gasteiger partial charge is 0.262 e. The molecule has 0 aliphatic carbocycles. The third-order valence-corrected chi connectivity index (χ3v) is 6.68. The van der Waals surface area contributed by atoms with Crippen molar-refractivity contribution in [2.24, 2.45) is 0 Å². The van der Waals surface area contributed by atoms with Gasteiger partial charge in [0.1, 0.15) is 30.5 Å². The molecule has 3 aromatic rings. The Bertz CT molecular complexity index is 1270. The van der Waals surface area contributed by atoms with E-state index in [0.717, 1.165) is 0 Å². The number of amides is 1. The molecule has 32 heavy (non-hydrogen) atoms. The van der Waals surface area contributed by atoms with Gasteiger partial charge in [0.2, 0.25) is 11.8 Å². The molecule has 4 rings (SSSR count). The number of nitrogens with one attached hydrogen (secondary N) is 2. The van der Waals surface area contributed by atoms with E-state index in [1.54, 1.807) is 25.1 Å². The summed E-state index contributed by atoms with van der Waals surface area (Å²) in [5, 5.41) is 2.97. The summed E-state index contributed by atoms with van der Waals surface area (Å²) in [5.41, 5.74) is 1.12. The van der Waals surface area contributed by atoms with Gasteiger partial charge in [-0.05, 0) is 42.8 Å². The van der Waals surface area contributed by atoms with Gasteiger partial charge in [-0.1, -0.05) is 35.9 Å². The molecule has 166 valence electrons. The highest BCUT2D eigenvalue weighted by Crippen LogP contribution is 2.33. The highest BCUT2D eigenvalue weighted by molar-refractivity contribution is 7.92. The standard InChI is InChI=1S/C22H20ClN3O5S/c1-14-17(23)8-5-9-19(14)32(28,29)26-18-12-15-13-20(27)24-21(15)25-22(18)31-11-10-30-16-6-3-2-4-7-16/h2-9,12,26H,10-11,13H2,1H3,(H,24,25,27). The van der Waals surface area contributed by atoms with Crippen molar-refractivity contribution < 1.29 is 22.7 Å². The molecule has 2 N–H and O–H groups in total. The van der Waals surface area contributed by atoms with Crippen LogP contribution in [0.25, 0.3) is 0 Å². The van der Waals surface area contributed by atoms with Crippen molar-refractivity contribution in [1.82, 2.24) is 4.98 Å². The van der Waals surface area contributed by atoms with Crippen LogP contribution >= 0.6 is 11.6 Å². The zero-order valence-corrected chi connectivity index (χ0v) is 18.7. The van der Waals surface area contributed by atoms with Crippen molar-refractivity contribution in [2.75, 3.05) is 23.3 Å². The van der Waals surface area contributed by atoms with Gasteiger partial charge in [-0.25, -0.2) is 8.42 Å². The fourth-order valence-electron chi connectivity index (χ4n) is 3.21. The minimum absolute atomic E-state index is 0.0332. The van der Waals surface area contributed by atoms with Crippen LogP contribution in [0.3, 0.4) is 0 Å². The van der Waals surface area contributed by atoms with Crippen LogP contribution in [0, 0.1) is 6.92 Å². The van der Waals surface area contributed by atoms with Crippen molar-refractivity contribution >= 4 is 39.0 Å². The lowest BCUT2D eigenvalue weighted by Gasteiger charge is -2.16. The topological polar surface area (TPSA) is 107 Å². The molecule has 1 aromatic heterocycles. The lowest BCUT2D eigenvalue weighted by molar-refractivity contribution is -0.115. The molecule has 8 nitrogen and oxygen atoms in total. The Kier molecular flexibility index (Phi) is 6.20. The molecular weight excluding hydrogens is 454 g/mol. The summed E-state index contributed by atoms with van der Waals surface area (Å²) in [7, 11) is -3.98. The fourth-order valence-corrected chi connectivity index (χ4v) is 4.75. The largest absolute Gasteiger partial charge is 0.490 e. The summed E-state index contributed by atoms with van der Waals surface area (Å²) in [4.78, 5) is 16.1. The van der Waals surface area contributed by atoms with Gasteiger partial charge in [-0.2, -0.15) is 4.98 Å². The molecule has 0 atom stereocenters. The average molecular weight is 474 g/mol. The fraction of sp³-hybridized carbons (Fsp3) is 0.182. The van der Waals surface area contributed by atoms with Crippen LogP contribution in [0.15, 0.2) is 59.5 Å². The molecule has 10 heteroatoms. The van der Waals surface area contributed by atoms with Gasteiger partial charge in [0.15, 0.2) is 0 Å². The number of ether oxygens (including phenoxy) is 2. The van der Waals surface area contributed by atoms with Crippen LogP contribution in [0.2, 0.25) is 5.02 Å². The Labute approximate surface area is 190 Å². The summed E-state index contributed by atoms with van der Waals surface area (Å²) in [6, 6.07) is 15.4. The molecule has 0 spiro atoms. The van der Waals surface area contributed by atoms with E-state index in [9.17, 15) is 13.2 Å². The molecule has 2 heterocycles. The number of halogens is 1. The molecule has 0 bridgehead atoms. The molecule has 0 unspecified atom stereocenters. The Morgan fingerprint density at radius 1 is 1.09 bits per heavy atom. The van der Waals surface area contributed by atoms with Crippen LogP contribution in [-0.2, 0) is 21.2 Å². The number of nitrogens with zero attached hydrogens (tertiary/aromatic N) is 1. The number of pyridine rings is 1. The summed E-state index contributed by atoms with van der Waals surface area (Å²) < 4.78 is 39.9. The third-order valence-electron chi connectivity index (χ3n) is 4.76. The van der Waals surface area contributed by atoms with Gasteiger partial charge in [0.25, 0.3) is 10.0 Å². The number of rotatable bonds is 8. The predicted octanol–water partition coefficient (Wildman–Crippen LogP) is 3.80. The minimum Gasteiger partial charge on any atom is -0.490 e. The predicted molar refractivity (Wildman–Crippen MR) is 121 cm³/mol. The summed E-state index contributed by atoms with van der Waals surface area (Å²) in [6.07, 6.45) is 0.102. The summed E-state index contributed by atoms with van der Waals surface area (Å²) in [6.45, 7) is 1.95. The molecule has 0 fully saturated rings. The van der Waals surface area contributed by atoms with E-state index in [0.29, 0.717) is 27.7 Å². The van der Waals surface area contributed by atoms with E-state index in [-0.39, 0.29) is 42.0 Å². The number of hydrogen-bond acceptors (Lipinski definition) is 6. The number of benzene rings is 2. The van der Waals surface area contributed by atoms with Crippen LogP contribution in [-0.4, -0.2) is 32.5 Å². The van der Waals surface area contributed by atoms with E-state index < -0.39 is 10.0 Å². The number of hydrogen-bond donors (Lipinski definition) is 2. The first-order valence-electron chi connectivity index (χ1n) is 9.76. The monoisotopic (exact) mass is 473 g/mol. The first-order chi connectivity index (χ1) is 15.3. The molecule has 2 aromatic carbocycles. The highest BCUT2D eigenvalue weighted by atomic mass is 35.5. The lowest BCUT2D eigenvalue weighted by Crippen LogP contribution is -2.17. The Balaban J connectivity index is 1.57. The number of aromatic nitrogens is 1. The maximum Gasteiger partial charge on any atom is 0.262 e. The van der Waals surface area contributed by atoms with Gasteiger partial charge < -0.3 is 14.8 Å². The SMILES string of the molecule is Cc1c(Cl)cccc1S(=O)(=O)Nc1cc2c(nc1OCCOc1ccccc1)NC(=O)C2. The van der Waals surface area contributed by atoms with Crippen molar-refractivity contribution in [3.8, 4) is 11.6 Å². The zero-order valence-electron chi connectivity index (χ0n) is 17.1. The van der Waals surface area contributed by atoms with E-state index in [4.69, 9.17) is 21.1 Å². The normalized spacial score (nSPS) is 12.8. The number of fused-ring (bicyclic) bond motifs is 1. The van der Waals surface area contributed by atoms with E-state index in [2.05, 4.69) is 15.0 Å². The van der Waals surface area contributed by atoms with Crippen LogP contribution in [0.5, 0.6) is 11.6 Å². The molecule has 1 aliphatic rings. The second kappa shape index (κ2) is 9.05. The first kappa shape index (κ1) is 21.9. The van der Waals surface area contributed by atoms with Crippen molar-refractivity contribution in [3.63, 3.8) is 0 Å². The van der Waals surface area contributed by atoms with E-state index >= 15 is 0 Å². The molecule has 0 saturated carbocycles. The first-order valence-corrected chi connectivity index (χ1v) is 11.6. The molecule has 0 radical (unpaired) electrons. The van der Waals surface area contributed by atoms with Crippen LogP contribution < -0.4 is 19.5 Å². The molecular formula is C22H20ClN3O5S. The number of anilines is 2. The van der Waals surface area contributed by atoms with E-state index in [1.165, 1.54) is 6.07 Å². The number of para-hydroxylation sites is 1. The number of sulfonamides is 1. The molecule has 1 aliphatic heterocycles. The van der Waals surface area contributed by atoms with Gasteiger partial charge in [0, 0.05) is 10.6 Å². The van der Waals surface area contributed by atoms with Gasteiger partial charge >= 0.3 is 0 Å².